The van der Waals surface area contributed by atoms with Crippen LogP contribution in [0.25, 0.3) is 10.9 Å². The van der Waals surface area contributed by atoms with Crippen LogP contribution in [-0.2, 0) is 6.54 Å². The third-order valence-electron chi connectivity index (χ3n) is 5.91. The Kier molecular flexibility index (Phi) is 4.49. The zero-order valence-electron chi connectivity index (χ0n) is 15.2. The average molecular weight is 359 g/mol. The average Bonchev–Trinajstić information content (AvgIpc) is 3.47. The third-order valence-corrected chi connectivity index (χ3v) is 5.91. The van der Waals surface area contributed by atoms with Gasteiger partial charge in [0.05, 0.1) is 11.2 Å². The summed E-state index contributed by atoms with van der Waals surface area (Å²) in [6.07, 6.45) is 3.69. The summed E-state index contributed by atoms with van der Waals surface area (Å²) in [4.78, 5) is 14.7. The van der Waals surface area contributed by atoms with E-state index in [1.807, 2.05) is 11.5 Å². The molecule has 0 radical (unpaired) electrons. The molecule has 2 aromatic rings. The van der Waals surface area contributed by atoms with Crippen LogP contribution in [0.4, 0.5) is 10.1 Å². The van der Waals surface area contributed by atoms with Crippen molar-refractivity contribution < 1.29 is 9.50 Å². The molecule has 1 saturated heterocycles. The maximum Gasteiger partial charge on any atom is 0.251 e. The molecule has 1 saturated carbocycles. The van der Waals surface area contributed by atoms with Crippen LogP contribution in [0.3, 0.4) is 0 Å². The van der Waals surface area contributed by atoms with Crippen molar-refractivity contribution >= 4 is 16.6 Å². The molecule has 1 aliphatic carbocycles. The quantitative estimate of drug-likeness (QED) is 0.880. The fourth-order valence-corrected chi connectivity index (χ4v) is 4.31. The van der Waals surface area contributed by atoms with E-state index in [2.05, 4.69) is 4.90 Å². The zero-order valence-corrected chi connectivity index (χ0v) is 15.2. The number of benzene rings is 1. The Hall–Kier alpha value is -1.92. The minimum absolute atomic E-state index is 0.0416. The largest absolute Gasteiger partial charge is 0.396 e. The van der Waals surface area contributed by atoms with E-state index in [-0.39, 0.29) is 30.6 Å². The maximum absolute atomic E-state index is 15.1. The lowest BCUT2D eigenvalue weighted by molar-refractivity contribution is 0.202. The number of halogens is 1. The Morgan fingerprint density at radius 3 is 2.50 bits per heavy atom. The predicted octanol–water partition coefficient (Wildman–Crippen LogP) is 2.45. The first-order chi connectivity index (χ1) is 12.5. The van der Waals surface area contributed by atoms with Crippen molar-refractivity contribution in [3.63, 3.8) is 0 Å². The summed E-state index contributed by atoms with van der Waals surface area (Å²) in [6, 6.07) is 3.33. The molecule has 3 N–H and O–H groups in total. The van der Waals surface area contributed by atoms with Crippen molar-refractivity contribution in [2.45, 2.75) is 45.2 Å². The fraction of sp³-hybridized carbons (Fsp3) is 0.550. The molecule has 1 aromatic heterocycles. The lowest BCUT2D eigenvalue weighted by Crippen LogP contribution is -2.36. The van der Waals surface area contributed by atoms with E-state index in [0.717, 1.165) is 55.2 Å². The molecule has 1 aromatic carbocycles. The Morgan fingerprint density at radius 1 is 1.23 bits per heavy atom. The highest BCUT2D eigenvalue weighted by Crippen LogP contribution is 2.40. The molecule has 4 rings (SSSR count). The smallest absolute Gasteiger partial charge is 0.251 e. The second-order valence-electron chi connectivity index (χ2n) is 7.65. The molecule has 26 heavy (non-hydrogen) atoms. The zero-order chi connectivity index (χ0) is 18.4. The van der Waals surface area contributed by atoms with Gasteiger partial charge >= 0.3 is 0 Å². The summed E-state index contributed by atoms with van der Waals surface area (Å²) in [5.41, 5.74) is 8.74. The predicted molar refractivity (Wildman–Crippen MR) is 101 cm³/mol. The van der Waals surface area contributed by atoms with Crippen LogP contribution in [0.15, 0.2) is 16.9 Å². The SMILES string of the molecule is Cc1c(N2CCC(CO)CC2)c(F)cc2c(CN)cc(=O)n(C3CC3)c12. The van der Waals surface area contributed by atoms with Gasteiger partial charge in [-0.05, 0) is 55.7 Å². The first-order valence-electron chi connectivity index (χ1n) is 9.48. The molecule has 0 amide bonds. The molecule has 5 nitrogen and oxygen atoms in total. The van der Waals surface area contributed by atoms with Gasteiger partial charge in [-0.1, -0.05) is 0 Å². The van der Waals surface area contributed by atoms with Gasteiger partial charge in [-0.15, -0.1) is 0 Å². The number of hydrogen-bond acceptors (Lipinski definition) is 4. The molecule has 2 heterocycles. The first-order valence-corrected chi connectivity index (χ1v) is 9.48. The number of fused-ring (bicyclic) bond motifs is 1. The molecule has 6 heteroatoms. The normalized spacial score (nSPS) is 18.7. The van der Waals surface area contributed by atoms with Crippen LogP contribution in [0.2, 0.25) is 0 Å². The first kappa shape index (κ1) is 17.5. The number of aliphatic hydroxyl groups excluding tert-OH is 1. The summed E-state index contributed by atoms with van der Waals surface area (Å²) < 4.78 is 16.9. The second-order valence-corrected chi connectivity index (χ2v) is 7.65. The topological polar surface area (TPSA) is 71.5 Å². The highest BCUT2D eigenvalue weighted by Gasteiger charge is 2.30. The minimum Gasteiger partial charge on any atom is -0.396 e. The Labute approximate surface area is 152 Å². The highest BCUT2D eigenvalue weighted by atomic mass is 19.1. The monoisotopic (exact) mass is 359 g/mol. The van der Waals surface area contributed by atoms with Crippen LogP contribution < -0.4 is 16.2 Å². The molecule has 140 valence electrons. The number of aliphatic hydroxyl groups is 1. The molecule has 0 unspecified atom stereocenters. The van der Waals surface area contributed by atoms with E-state index in [1.165, 1.54) is 0 Å². The molecule has 0 bridgehead atoms. The van der Waals surface area contributed by atoms with Crippen LogP contribution in [-0.4, -0.2) is 29.4 Å². The van der Waals surface area contributed by atoms with Gasteiger partial charge in [-0.3, -0.25) is 4.79 Å². The van der Waals surface area contributed by atoms with Gasteiger partial charge in [0.15, 0.2) is 0 Å². The van der Waals surface area contributed by atoms with E-state index in [4.69, 9.17) is 5.73 Å². The molecule has 0 atom stereocenters. The van der Waals surface area contributed by atoms with E-state index in [0.29, 0.717) is 17.2 Å². The van der Waals surface area contributed by atoms with Gasteiger partial charge in [0.2, 0.25) is 0 Å². The summed E-state index contributed by atoms with van der Waals surface area (Å²) in [6.45, 7) is 3.76. The van der Waals surface area contributed by atoms with Crippen LogP contribution in [0.1, 0.15) is 42.9 Å². The number of aryl methyl sites for hydroxylation is 1. The van der Waals surface area contributed by atoms with Crippen molar-refractivity contribution in [1.82, 2.24) is 4.57 Å². The van der Waals surface area contributed by atoms with Crippen molar-refractivity contribution in [1.29, 1.82) is 0 Å². The van der Waals surface area contributed by atoms with E-state index < -0.39 is 0 Å². The Morgan fingerprint density at radius 2 is 1.92 bits per heavy atom. The lowest BCUT2D eigenvalue weighted by Gasteiger charge is -2.34. The van der Waals surface area contributed by atoms with E-state index >= 15 is 4.39 Å². The Bertz CT molecular complexity index is 896. The van der Waals surface area contributed by atoms with Crippen molar-refractivity contribution in [2.75, 3.05) is 24.6 Å². The third kappa shape index (κ3) is 2.81. The number of nitrogens with zero attached hydrogens (tertiary/aromatic N) is 2. The van der Waals surface area contributed by atoms with Gasteiger partial charge in [-0.25, -0.2) is 4.39 Å². The molecular formula is C20H26FN3O2. The van der Waals surface area contributed by atoms with Crippen molar-refractivity contribution in [3.05, 3.63) is 39.4 Å². The molecule has 2 aliphatic rings. The molecule has 2 fully saturated rings. The van der Waals surface area contributed by atoms with Gasteiger partial charge in [0, 0.05) is 43.7 Å². The number of piperidine rings is 1. The number of aromatic nitrogens is 1. The van der Waals surface area contributed by atoms with Crippen molar-refractivity contribution in [2.24, 2.45) is 11.7 Å². The summed E-state index contributed by atoms with van der Waals surface area (Å²) in [7, 11) is 0. The number of nitrogens with two attached hydrogens (primary N) is 1. The van der Waals surface area contributed by atoms with Gasteiger partial charge in [0.1, 0.15) is 5.82 Å². The van der Waals surface area contributed by atoms with Crippen LogP contribution in [0, 0.1) is 18.7 Å². The van der Waals surface area contributed by atoms with Gasteiger partial charge in [-0.2, -0.15) is 0 Å². The molecule has 1 aliphatic heterocycles. The summed E-state index contributed by atoms with van der Waals surface area (Å²) in [5, 5.41) is 10.1. The van der Waals surface area contributed by atoms with Gasteiger partial charge in [0.25, 0.3) is 5.56 Å². The van der Waals surface area contributed by atoms with Gasteiger partial charge < -0.3 is 20.3 Å². The minimum atomic E-state index is -0.256. The highest BCUT2D eigenvalue weighted by molar-refractivity contribution is 5.90. The molecular weight excluding hydrogens is 333 g/mol. The second kappa shape index (κ2) is 6.67. The maximum atomic E-state index is 15.1. The molecule has 0 spiro atoms. The number of pyridine rings is 1. The van der Waals surface area contributed by atoms with Crippen molar-refractivity contribution in [3.8, 4) is 0 Å². The summed E-state index contributed by atoms with van der Waals surface area (Å²) >= 11 is 0. The Balaban J connectivity index is 1.90. The summed E-state index contributed by atoms with van der Waals surface area (Å²) in [5.74, 6) is 0.0386. The standard InChI is InChI=1S/C20H26FN3O2/c1-12-19-16(14(10-22)8-18(26)24(19)15-2-3-15)9-17(21)20(12)23-6-4-13(11-25)5-7-23/h8-9,13,15,25H,2-7,10-11,22H2,1H3. The number of anilines is 1. The fourth-order valence-electron chi connectivity index (χ4n) is 4.31. The van der Waals surface area contributed by atoms with Crippen LogP contribution in [0.5, 0.6) is 0 Å². The van der Waals surface area contributed by atoms with E-state index in [9.17, 15) is 9.90 Å². The number of rotatable bonds is 4. The van der Waals surface area contributed by atoms with E-state index in [1.54, 1.807) is 12.1 Å². The van der Waals surface area contributed by atoms with Crippen LogP contribution >= 0.6 is 0 Å². The number of hydrogen-bond donors (Lipinski definition) is 2. The lowest BCUT2D eigenvalue weighted by atomic mass is 9.95.